The minimum atomic E-state index is -3.72. The standard InChI is InChI=1S/C22H24N4O4S/c1-16-6-5-11-23-22(16)25-17-9-10-18(24-14-17)20-15-26(12-13-30-20)31(27,28)21-8-4-3-7-19(21)29-2/h3-11,14,20H,12-13,15H2,1-2H3,(H,23,25)/t20-/m0/s1. The van der Waals surface area contributed by atoms with Gasteiger partial charge in [0.15, 0.2) is 0 Å². The van der Waals surface area contributed by atoms with E-state index >= 15 is 0 Å². The number of aromatic nitrogens is 2. The summed E-state index contributed by atoms with van der Waals surface area (Å²) in [6, 6.07) is 14.2. The molecule has 1 aliphatic heterocycles. The van der Waals surface area contributed by atoms with Gasteiger partial charge in [-0.1, -0.05) is 18.2 Å². The van der Waals surface area contributed by atoms with Crippen molar-refractivity contribution in [3.8, 4) is 5.75 Å². The molecule has 8 nitrogen and oxygen atoms in total. The number of para-hydroxylation sites is 1. The average molecular weight is 441 g/mol. The first-order chi connectivity index (χ1) is 15.0. The van der Waals surface area contributed by atoms with E-state index < -0.39 is 16.1 Å². The van der Waals surface area contributed by atoms with Gasteiger partial charge in [0.1, 0.15) is 22.6 Å². The zero-order valence-corrected chi connectivity index (χ0v) is 18.2. The summed E-state index contributed by atoms with van der Waals surface area (Å²) in [5, 5.41) is 3.23. The van der Waals surface area contributed by atoms with Crippen molar-refractivity contribution in [2.24, 2.45) is 0 Å². The van der Waals surface area contributed by atoms with Gasteiger partial charge in [0, 0.05) is 19.3 Å². The minimum Gasteiger partial charge on any atom is -0.495 e. The van der Waals surface area contributed by atoms with E-state index in [4.69, 9.17) is 9.47 Å². The summed E-state index contributed by atoms with van der Waals surface area (Å²) in [4.78, 5) is 8.96. The Kier molecular flexibility index (Phi) is 6.17. The van der Waals surface area contributed by atoms with Crippen LogP contribution in [0, 0.1) is 6.92 Å². The molecule has 1 saturated heterocycles. The van der Waals surface area contributed by atoms with Gasteiger partial charge < -0.3 is 14.8 Å². The molecule has 3 aromatic rings. The highest BCUT2D eigenvalue weighted by Gasteiger charge is 2.33. The third kappa shape index (κ3) is 4.53. The molecule has 2 aromatic heterocycles. The quantitative estimate of drug-likeness (QED) is 0.629. The molecule has 162 valence electrons. The van der Waals surface area contributed by atoms with Gasteiger partial charge in [-0.2, -0.15) is 4.31 Å². The summed E-state index contributed by atoms with van der Waals surface area (Å²) >= 11 is 0. The molecule has 0 amide bonds. The number of morpholine rings is 1. The largest absolute Gasteiger partial charge is 0.495 e. The number of pyridine rings is 2. The summed E-state index contributed by atoms with van der Waals surface area (Å²) in [6.45, 7) is 2.71. The molecule has 9 heteroatoms. The van der Waals surface area contributed by atoms with Gasteiger partial charge in [0.05, 0.1) is 31.3 Å². The van der Waals surface area contributed by atoms with Crippen LogP contribution in [0.2, 0.25) is 0 Å². The average Bonchev–Trinajstić information content (AvgIpc) is 2.81. The highest BCUT2D eigenvalue weighted by atomic mass is 32.2. The van der Waals surface area contributed by atoms with E-state index in [1.165, 1.54) is 11.4 Å². The van der Waals surface area contributed by atoms with Crippen molar-refractivity contribution >= 4 is 21.5 Å². The molecule has 0 bridgehead atoms. The van der Waals surface area contributed by atoms with Crippen molar-refractivity contribution in [1.82, 2.24) is 14.3 Å². The monoisotopic (exact) mass is 440 g/mol. The zero-order valence-electron chi connectivity index (χ0n) is 17.4. The van der Waals surface area contributed by atoms with Crippen molar-refractivity contribution in [2.45, 2.75) is 17.9 Å². The highest BCUT2D eigenvalue weighted by molar-refractivity contribution is 7.89. The molecule has 1 fully saturated rings. The Morgan fingerprint density at radius 2 is 1.97 bits per heavy atom. The van der Waals surface area contributed by atoms with E-state index in [0.29, 0.717) is 11.4 Å². The first kappa shape index (κ1) is 21.2. The lowest BCUT2D eigenvalue weighted by Crippen LogP contribution is -2.42. The summed E-state index contributed by atoms with van der Waals surface area (Å²) < 4.78 is 38.9. The number of sulfonamides is 1. The predicted molar refractivity (Wildman–Crippen MR) is 117 cm³/mol. The van der Waals surface area contributed by atoms with E-state index in [2.05, 4.69) is 15.3 Å². The van der Waals surface area contributed by atoms with Crippen LogP contribution in [0.5, 0.6) is 5.75 Å². The summed E-state index contributed by atoms with van der Waals surface area (Å²) in [6.07, 6.45) is 2.97. The maximum absolute atomic E-state index is 13.2. The van der Waals surface area contributed by atoms with Gasteiger partial charge >= 0.3 is 0 Å². The summed E-state index contributed by atoms with van der Waals surface area (Å²) in [7, 11) is -2.26. The molecular weight excluding hydrogens is 416 g/mol. The Morgan fingerprint density at radius 1 is 1.13 bits per heavy atom. The molecule has 0 aliphatic carbocycles. The van der Waals surface area contributed by atoms with E-state index in [-0.39, 0.29) is 24.6 Å². The van der Waals surface area contributed by atoms with Crippen molar-refractivity contribution in [3.05, 3.63) is 72.2 Å². The fraction of sp³-hybridized carbons (Fsp3) is 0.273. The number of hydrogen-bond acceptors (Lipinski definition) is 7. The Morgan fingerprint density at radius 3 is 2.71 bits per heavy atom. The molecule has 0 spiro atoms. The van der Waals surface area contributed by atoms with Crippen LogP contribution in [0.15, 0.2) is 65.8 Å². The van der Waals surface area contributed by atoms with Gasteiger partial charge in [0.2, 0.25) is 10.0 Å². The Labute approximate surface area is 181 Å². The Bertz CT molecular complexity index is 1150. The van der Waals surface area contributed by atoms with E-state index in [0.717, 1.165) is 17.1 Å². The van der Waals surface area contributed by atoms with Crippen LogP contribution in [0.4, 0.5) is 11.5 Å². The van der Waals surface area contributed by atoms with Gasteiger partial charge in [-0.05, 0) is 42.8 Å². The summed E-state index contributed by atoms with van der Waals surface area (Å²) in [5.41, 5.74) is 2.49. The third-order valence-corrected chi connectivity index (χ3v) is 7.01. The lowest BCUT2D eigenvalue weighted by molar-refractivity contribution is -0.00495. The highest BCUT2D eigenvalue weighted by Crippen LogP contribution is 2.30. The third-order valence-electron chi connectivity index (χ3n) is 5.10. The number of ether oxygens (including phenoxy) is 2. The number of methoxy groups -OCH3 is 1. The SMILES string of the molecule is COc1ccccc1S(=O)(=O)N1CCO[C@H](c2ccc(Nc3ncccc3C)cn2)C1. The second-order valence-electron chi connectivity index (χ2n) is 7.14. The van der Waals surface area contributed by atoms with Crippen LogP contribution in [-0.2, 0) is 14.8 Å². The van der Waals surface area contributed by atoms with E-state index in [1.807, 2.05) is 31.2 Å². The van der Waals surface area contributed by atoms with Crippen LogP contribution in [0.25, 0.3) is 0 Å². The Hall–Kier alpha value is -3.01. The van der Waals surface area contributed by atoms with Gasteiger partial charge in [-0.25, -0.2) is 13.4 Å². The van der Waals surface area contributed by atoms with Crippen molar-refractivity contribution in [3.63, 3.8) is 0 Å². The number of anilines is 2. The van der Waals surface area contributed by atoms with Crippen LogP contribution in [0.1, 0.15) is 17.4 Å². The van der Waals surface area contributed by atoms with Crippen molar-refractivity contribution in [1.29, 1.82) is 0 Å². The van der Waals surface area contributed by atoms with Crippen LogP contribution in [0.3, 0.4) is 0 Å². The summed E-state index contributed by atoms with van der Waals surface area (Å²) in [5.74, 6) is 1.09. The number of benzene rings is 1. The second kappa shape index (κ2) is 9.01. The number of hydrogen-bond donors (Lipinski definition) is 1. The van der Waals surface area contributed by atoms with Crippen LogP contribution in [-0.4, -0.2) is 49.5 Å². The molecule has 1 aromatic carbocycles. The van der Waals surface area contributed by atoms with Gasteiger partial charge in [-0.3, -0.25) is 4.98 Å². The van der Waals surface area contributed by atoms with Gasteiger partial charge in [-0.15, -0.1) is 0 Å². The lowest BCUT2D eigenvalue weighted by Gasteiger charge is -2.32. The van der Waals surface area contributed by atoms with Crippen LogP contribution >= 0.6 is 0 Å². The molecule has 0 saturated carbocycles. The number of nitrogens with one attached hydrogen (secondary N) is 1. The first-order valence-corrected chi connectivity index (χ1v) is 11.3. The molecule has 1 atom stereocenters. The second-order valence-corrected chi connectivity index (χ2v) is 9.05. The molecular formula is C22H24N4O4S. The molecule has 3 heterocycles. The number of rotatable bonds is 6. The Balaban J connectivity index is 1.50. The molecule has 0 unspecified atom stereocenters. The maximum atomic E-state index is 13.2. The van der Waals surface area contributed by atoms with E-state index in [1.54, 1.807) is 36.7 Å². The lowest BCUT2D eigenvalue weighted by atomic mass is 10.2. The predicted octanol–water partition coefficient (Wildman–Crippen LogP) is 3.30. The molecule has 1 aliphatic rings. The topological polar surface area (TPSA) is 93.7 Å². The molecule has 0 radical (unpaired) electrons. The maximum Gasteiger partial charge on any atom is 0.246 e. The van der Waals surface area contributed by atoms with Gasteiger partial charge in [0.25, 0.3) is 0 Å². The molecule has 1 N–H and O–H groups in total. The van der Waals surface area contributed by atoms with Crippen molar-refractivity contribution < 1.29 is 17.9 Å². The zero-order chi connectivity index (χ0) is 21.8. The van der Waals surface area contributed by atoms with E-state index in [9.17, 15) is 8.42 Å². The number of nitrogens with zero attached hydrogens (tertiary/aromatic N) is 3. The first-order valence-electron chi connectivity index (χ1n) is 9.88. The minimum absolute atomic E-state index is 0.149. The van der Waals surface area contributed by atoms with Crippen molar-refractivity contribution in [2.75, 3.05) is 32.1 Å². The fourth-order valence-corrected chi connectivity index (χ4v) is 5.00. The molecule has 31 heavy (non-hydrogen) atoms. The molecule has 4 rings (SSSR count). The number of aryl methyl sites for hydroxylation is 1. The smallest absolute Gasteiger partial charge is 0.246 e. The normalized spacial score (nSPS) is 17.3. The fourth-order valence-electron chi connectivity index (χ4n) is 3.42. The van der Waals surface area contributed by atoms with Crippen LogP contribution < -0.4 is 10.1 Å².